The summed E-state index contributed by atoms with van der Waals surface area (Å²) < 4.78 is 0. The summed E-state index contributed by atoms with van der Waals surface area (Å²) in [5.41, 5.74) is 9.56. The van der Waals surface area contributed by atoms with E-state index in [4.69, 9.17) is 5.53 Å². The van der Waals surface area contributed by atoms with Crippen molar-refractivity contribution >= 4 is 5.69 Å². The molecule has 3 nitrogen and oxygen atoms in total. The van der Waals surface area contributed by atoms with Crippen molar-refractivity contribution in [3.63, 3.8) is 0 Å². The molecular formula is C12H10N3+. The third-order valence-electron chi connectivity index (χ3n) is 2.15. The van der Waals surface area contributed by atoms with E-state index in [0.29, 0.717) is 0 Å². The number of nitrogens with one attached hydrogen (secondary N) is 1. The van der Waals surface area contributed by atoms with Crippen LogP contribution in [0.5, 0.6) is 0 Å². The zero-order chi connectivity index (χ0) is 10.5. The molecule has 3 heteroatoms. The Kier molecular flexibility index (Phi) is 2.68. The van der Waals surface area contributed by atoms with Crippen LogP contribution in [0.1, 0.15) is 0 Å². The number of nitrogens with zero attached hydrogens (tertiary/aromatic N) is 2. The lowest BCUT2D eigenvalue weighted by molar-refractivity contribution is 0.992. The minimum atomic E-state index is 0.721. The van der Waals surface area contributed by atoms with Gasteiger partial charge in [0.2, 0.25) is 4.91 Å². The summed E-state index contributed by atoms with van der Waals surface area (Å²) in [4.78, 5) is 3.07. The topological polar surface area (TPSA) is 50.3 Å². The van der Waals surface area contributed by atoms with E-state index in [1.54, 1.807) is 0 Å². The van der Waals surface area contributed by atoms with Gasteiger partial charge in [0.1, 0.15) is 5.53 Å². The highest BCUT2D eigenvalue weighted by molar-refractivity contribution is 5.75. The fraction of sp³-hybridized carbons (Fsp3) is 0. The molecule has 0 saturated heterocycles. The SMILES string of the molecule is N=[N+]=Nc1ccccc1-c1ccccc1. The minimum absolute atomic E-state index is 0.721. The van der Waals surface area contributed by atoms with Crippen LogP contribution in [-0.2, 0) is 0 Å². The standard InChI is InChI=1S/C12H10N3/c13-15-14-12-9-5-4-8-11(12)10-6-2-1-3-7-10/h1-9,13H/q+1. The molecule has 0 aliphatic rings. The molecule has 0 fully saturated rings. The molecule has 0 unspecified atom stereocenters. The molecule has 0 amide bonds. The van der Waals surface area contributed by atoms with Crippen molar-refractivity contribution in [2.75, 3.05) is 0 Å². The lowest BCUT2D eigenvalue weighted by Crippen LogP contribution is -1.77. The van der Waals surface area contributed by atoms with Gasteiger partial charge in [0.15, 0.2) is 10.8 Å². The average molecular weight is 196 g/mol. The zero-order valence-electron chi connectivity index (χ0n) is 8.09. The fourth-order valence-corrected chi connectivity index (χ4v) is 1.48. The Hall–Kier alpha value is -2.25. The molecule has 15 heavy (non-hydrogen) atoms. The van der Waals surface area contributed by atoms with E-state index in [0.717, 1.165) is 16.8 Å². The van der Waals surface area contributed by atoms with Gasteiger partial charge in [-0.3, -0.25) is 0 Å². The summed E-state index contributed by atoms with van der Waals surface area (Å²) in [7, 11) is 0. The average Bonchev–Trinajstić information content (AvgIpc) is 2.31. The summed E-state index contributed by atoms with van der Waals surface area (Å²) >= 11 is 0. The molecule has 0 aliphatic heterocycles. The summed E-state index contributed by atoms with van der Waals surface area (Å²) in [6, 6.07) is 17.6. The van der Waals surface area contributed by atoms with E-state index < -0.39 is 0 Å². The van der Waals surface area contributed by atoms with Gasteiger partial charge in [-0.15, -0.1) is 0 Å². The summed E-state index contributed by atoms with van der Waals surface area (Å²) in [6.45, 7) is 0. The van der Waals surface area contributed by atoms with Gasteiger partial charge in [-0.25, -0.2) is 0 Å². The van der Waals surface area contributed by atoms with Crippen molar-refractivity contribution in [2.45, 2.75) is 0 Å². The highest BCUT2D eigenvalue weighted by Crippen LogP contribution is 2.28. The van der Waals surface area contributed by atoms with Gasteiger partial charge in [0.05, 0.1) is 0 Å². The maximum atomic E-state index is 6.76. The van der Waals surface area contributed by atoms with Crippen molar-refractivity contribution in [3.8, 4) is 11.1 Å². The first-order valence-electron chi connectivity index (χ1n) is 4.64. The van der Waals surface area contributed by atoms with Crippen molar-refractivity contribution in [1.29, 1.82) is 5.53 Å². The second kappa shape index (κ2) is 4.31. The quantitative estimate of drug-likeness (QED) is 0.564. The van der Waals surface area contributed by atoms with Gasteiger partial charge < -0.3 is 0 Å². The van der Waals surface area contributed by atoms with Gasteiger partial charge >= 0.3 is 0 Å². The molecule has 1 N–H and O–H groups in total. The predicted octanol–water partition coefficient (Wildman–Crippen LogP) is 3.54. The first-order valence-corrected chi connectivity index (χ1v) is 4.64. The molecule has 0 aliphatic carbocycles. The number of rotatable bonds is 2. The van der Waals surface area contributed by atoms with Crippen LogP contribution in [0.25, 0.3) is 11.1 Å². The molecule has 0 heterocycles. The van der Waals surface area contributed by atoms with Crippen molar-refractivity contribution in [1.82, 2.24) is 4.91 Å². The Balaban J connectivity index is 2.58. The summed E-state index contributed by atoms with van der Waals surface area (Å²) in [6.07, 6.45) is 0. The highest BCUT2D eigenvalue weighted by atomic mass is 15.1. The van der Waals surface area contributed by atoms with E-state index in [-0.39, 0.29) is 0 Å². The van der Waals surface area contributed by atoms with Gasteiger partial charge in [-0.1, -0.05) is 48.5 Å². The molecule has 2 rings (SSSR count). The van der Waals surface area contributed by atoms with Crippen molar-refractivity contribution in [2.24, 2.45) is 5.11 Å². The van der Waals surface area contributed by atoms with E-state index in [1.807, 2.05) is 54.6 Å². The molecule has 0 radical (unpaired) electrons. The molecule has 2 aromatic rings. The highest BCUT2D eigenvalue weighted by Gasteiger charge is 2.05. The smallest absolute Gasteiger partial charge is 0.0622 e. The van der Waals surface area contributed by atoms with E-state index in [9.17, 15) is 0 Å². The Morgan fingerprint density at radius 2 is 1.53 bits per heavy atom. The Morgan fingerprint density at radius 1 is 0.867 bits per heavy atom. The normalized spacial score (nSPS) is 9.33. The Bertz CT molecular complexity index is 499. The monoisotopic (exact) mass is 196 g/mol. The van der Waals surface area contributed by atoms with Crippen molar-refractivity contribution in [3.05, 3.63) is 54.6 Å². The van der Waals surface area contributed by atoms with Crippen LogP contribution in [-0.4, -0.2) is 0 Å². The minimum Gasteiger partial charge on any atom is -0.0622 e. The first kappa shape index (κ1) is 9.31. The van der Waals surface area contributed by atoms with E-state index >= 15 is 0 Å². The van der Waals surface area contributed by atoms with Gasteiger partial charge in [0.25, 0.3) is 0 Å². The van der Waals surface area contributed by atoms with Crippen LogP contribution in [0, 0.1) is 5.53 Å². The van der Waals surface area contributed by atoms with Crippen LogP contribution in [0.3, 0.4) is 0 Å². The van der Waals surface area contributed by atoms with Crippen LogP contribution < -0.4 is 4.91 Å². The summed E-state index contributed by atoms with van der Waals surface area (Å²) in [5.74, 6) is 0. The fourth-order valence-electron chi connectivity index (χ4n) is 1.48. The number of hydrogen-bond donors (Lipinski definition) is 1. The molecule has 0 spiro atoms. The van der Waals surface area contributed by atoms with Crippen LogP contribution in [0.2, 0.25) is 0 Å². The molecule has 0 saturated carbocycles. The number of benzene rings is 2. The Morgan fingerprint density at radius 3 is 2.27 bits per heavy atom. The lowest BCUT2D eigenvalue weighted by atomic mass is 10.0. The van der Waals surface area contributed by atoms with Gasteiger partial charge in [-0.05, 0) is 11.6 Å². The van der Waals surface area contributed by atoms with Gasteiger partial charge in [0, 0.05) is 5.56 Å². The Labute approximate surface area is 87.6 Å². The third kappa shape index (κ3) is 1.98. The molecule has 0 atom stereocenters. The van der Waals surface area contributed by atoms with E-state index in [1.165, 1.54) is 0 Å². The zero-order valence-corrected chi connectivity index (χ0v) is 8.09. The van der Waals surface area contributed by atoms with Crippen LogP contribution in [0.4, 0.5) is 5.69 Å². The van der Waals surface area contributed by atoms with E-state index in [2.05, 4.69) is 10.0 Å². The number of hydrogen-bond acceptors (Lipinski definition) is 2. The van der Waals surface area contributed by atoms with Crippen LogP contribution >= 0.6 is 0 Å². The lowest BCUT2D eigenvalue weighted by Gasteiger charge is -2.00. The second-order valence-corrected chi connectivity index (χ2v) is 3.08. The van der Waals surface area contributed by atoms with Crippen molar-refractivity contribution < 1.29 is 0 Å². The molecular weight excluding hydrogens is 186 g/mol. The molecule has 0 aromatic heterocycles. The maximum Gasteiger partial charge on any atom is 0.220 e. The first-order chi connectivity index (χ1) is 7.42. The second-order valence-electron chi connectivity index (χ2n) is 3.08. The predicted molar refractivity (Wildman–Crippen MR) is 58.8 cm³/mol. The van der Waals surface area contributed by atoms with Gasteiger partial charge in [-0.2, -0.15) is 0 Å². The summed E-state index contributed by atoms with van der Waals surface area (Å²) in [5, 5.41) is 3.77. The van der Waals surface area contributed by atoms with Crippen LogP contribution in [0.15, 0.2) is 59.7 Å². The third-order valence-corrected chi connectivity index (χ3v) is 2.15. The molecule has 72 valence electrons. The maximum absolute atomic E-state index is 6.76. The molecule has 0 bridgehead atoms. The largest absolute Gasteiger partial charge is 0.220 e. The molecule has 2 aromatic carbocycles.